The number of rotatable bonds is 10. The van der Waals surface area contributed by atoms with Gasteiger partial charge in [-0.2, -0.15) is 0 Å². The lowest BCUT2D eigenvalue weighted by molar-refractivity contribution is 0.112. The van der Waals surface area contributed by atoms with Crippen LogP contribution in [0.15, 0.2) is 60.7 Å². The molecule has 0 unspecified atom stereocenters. The number of aldehydes is 1. The van der Waals surface area contributed by atoms with E-state index in [1.165, 1.54) is 16.9 Å². The molecule has 0 aliphatic rings. The van der Waals surface area contributed by atoms with E-state index in [1.54, 1.807) is 13.2 Å². The van der Waals surface area contributed by atoms with Gasteiger partial charge in [-0.25, -0.2) is 0 Å². The topological polar surface area (TPSA) is 66.2 Å². The number of aromatic nitrogens is 3. The van der Waals surface area contributed by atoms with Gasteiger partial charge in [0.1, 0.15) is 18.1 Å². The van der Waals surface area contributed by atoms with Crippen LogP contribution in [-0.4, -0.2) is 28.2 Å². The summed E-state index contributed by atoms with van der Waals surface area (Å²) in [6.07, 6.45) is 8.56. The van der Waals surface area contributed by atoms with Gasteiger partial charge in [0.25, 0.3) is 0 Å². The molecule has 3 rings (SSSR count). The molecule has 0 fully saturated rings. The molecule has 0 bridgehead atoms. The molecule has 0 aliphatic carbocycles. The quantitative estimate of drug-likeness (QED) is 0.197. The minimum Gasteiger partial charge on any atom is -0.497 e. The molecule has 2 heterocycles. The summed E-state index contributed by atoms with van der Waals surface area (Å²) < 4.78 is 13.4. The van der Waals surface area contributed by atoms with E-state index in [-0.39, 0.29) is 6.61 Å². The molecule has 7 heteroatoms. The molecule has 2 aromatic heterocycles. The fraction of sp³-hybridized carbons (Fsp3) is 0.222. The Balaban J connectivity index is 1.76. The SMILES string of the molecule is C=C(/C=C\c1nnc(CO/C(=C/C=C(C)C)c2ccc(OC)cc2C)n1C)c1ccc(C=O)s1. The number of thiophene rings is 1. The van der Waals surface area contributed by atoms with Gasteiger partial charge in [0.15, 0.2) is 17.9 Å². The maximum absolute atomic E-state index is 10.9. The number of nitrogens with zero attached hydrogens (tertiary/aromatic N) is 3. The minimum atomic E-state index is 0.264. The van der Waals surface area contributed by atoms with Crippen LogP contribution in [0.4, 0.5) is 0 Å². The second kappa shape index (κ2) is 11.4. The van der Waals surface area contributed by atoms with Crippen molar-refractivity contribution in [3.63, 3.8) is 0 Å². The minimum absolute atomic E-state index is 0.264. The van der Waals surface area contributed by atoms with Crippen LogP contribution in [-0.2, 0) is 18.4 Å². The normalized spacial score (nSPS) is 11.5. The molecular formula is C27H29N3O3S. The number of aryl methyl sites for hydroxylation is 1. The van der Waals surface area contributed by atoms with Crippen molar-refractivity contribution in [2.75, 3.05) is 7.11 Å². The zero-order valence-electron chi connectivity index (χ0n) is 20.2. The molecular weight excluding hydrogens is 446 g/mol. The smallest absolute Gasteiger partial charge is 0.171 e. The number of carbonyl (C=O) groups excluding carboxylic acids is 1. The Labute approximate surface area is 204 Å². The monoisotopic (exact) mass is 475 g/mol. The van der Waals surface area contributed by atoms with Crippen molar-refractivity contribution in [3.05, 3.63) is 93.2 Å². The third-order valence-corrected chi connectivity index (χ3v) is 6.20. The molecule has 0 aliphatic heterocycles. The molecule has 34 heavy (non-hydrogen) atoms. The number of benzene rings is 1. The molecule has 3 aromatic rings. The molecule has 0 atom stereocenters. The first-order chi connectivity index (χ1) is 16.3. The summed E-state index contributed by atoms with van der Waals surface area (Å²) in [5, 5.41) is 8.57. The number of ether oxygens (including phenoxy) is 2. The van der Waals surface area contributed by atoms with Gasteiger partial charge < -0.3 is 14.0 Å². The van der Waals surface area contributed by atoms with E-state index in [0.29, 0.717) is 16.5 Å². The molecule has 1 aromatic carbocycles. The zero-order valence-corrected chi connectivity index (χ0v) is 21.0. The lowest BCUT2D eigenvalue weighted by Gasteiger charge is -2.13. The van der Waals surface area contributed by atoms with E-state index in [1.807, 2.05) is 81.0 Å². The Morgan fingerprint density at radius 1 is 1.18 bits per heavy atom. The standard InChI is InChI=1S/C27H29N3O3S/c1-18(2)7-12-24(23-11-9-21(32-6)15-20(23)4)33-17-27-29-28-26(30(27)5)14-8-19(3)25-13-10-22(16-31)34-25/h7-16H,3,17H2,1-2,4-6H3/b14-8-,24-12+. The third kappa shape index (κ3) is 6.20. The van der Waals surface area contributed by atoms with Crippen molar-refractivity contribution in [1.82, 2.24) is 14.8 Å². The van der Waals surface area contributed by atoms with Gasteiger partial charge in [-0.3, -0.25) is 4.79 Å². The summed E-state index contributed by atoms with van der Waals surface area (Å²) in [4.78, 5) is 12.5. The molecule has 176 valence electrons. The van der Waals surface area contributed by atoms with E-state index >= 15 is 0 Å². The molecule has 0 amide bonds. The first-order valence-corrected chi connectivity index (χ1v) is 11.6. The van der Waals surface area contributed by atoms with Crippen LogP contribution in [0.25, 0.3) is 17.4 Å². The summed E-state index contributed by atoms with van der Waals surface area (Å²) in [6, 6.07) is 9.58. The van der Waals surface area contributed by atoms with E-state index < -0.39 is 0 Å². The average Bonchev–Trinajstić information content (AvgIpc) is 3.44. The highest BCUT2D eigenvalue weighted by atomic mass is 32.1. The van der Waals surface area contributed by atoms with Crippen LogP contribution in [0.5, 0.6) is 5.75 Å². The van der Waals surface area contributed by atoms with E-state index in [9.17, 15) is 4.79 Å². The van der Waals surface area contributed by atoms with Crippen LogP contribution < -0.4 is 4.74 Å². The number of allylic oxidation sites excluding steroid dienone is 5. The van der Waals surface area contributed by atoms with Gasteiger partial charge in [0, 0.05) is 17.5 Å². The van der Waals surface area contributed by atoms with Crippen LogP contribution in [0, 0.1) is 6.92 Å². The fourth-order valence-electron chi connectivity index (χ4n) is 3.13. The van der Waals surface area contributed by atoms with Crippen molar-refractivity contribution < 1.29 is 14.3 Å². The number of hydrogen-bond acceptors (Lipinski definition) is 6. The largest absolute Gasteiger partial charge is 0.497 e. The summed E-state index contributed by atoms with van der Waals surface area (Å²) in [5.74, 6) is 2.93. The number of carbonyl (C=O) groups is 1. The predicted molar refractivity (Wildman–Crippen MR) is 139 cm³/mol. The van der Waals surface area contributed by atoms with Crippen molar-refractivity contribution in [2.45, 2.75) is 27.4 Å². The van der Waals surface area contributed by atoms with Gasteiger partial charge >= 0.3 is 0 Å². The second-order valence-corrected chi connectivity index (χ2v) is 9.07. The zero-order chi connectivity index (χ0) is 24.7. The van der Waals surface area contributed by atoms with Gasteiger partial charge in [-0.1, -0.05) is 24.3 Å². The summed E-state index contributed by atoms with van der Waals surface area (Å²) in [7, 11) is 3.55. The second-order valence-electron chi connectivity index (χ2n) is 7.96. The van der Waals surface area contributed by atoms with E-state index in [2.05, 4.69) is 16.8 Å². The number of methoxy groups -OCH3 is 1. The summed E-state index contributed by atoms with van der Waals surface area (Å²) in [6.45, 7) is 10.5. The highest BCUT2D eigenvalue weighted by molar-refractivity contribution is 7.14. The van der Waals surface area contributed by atoms with Crippen LogP contribution in [0.2, 0.25) is 0 Å². The molecule has 6 nitrogen and oxygen atoms in total. The maximum Gasteiger partial charge on any atom is 0.171 e. The van der Waals surface area contributed by atoms with Crippen LogP contribution in [0.1, 0.15) is 51.2 Å². The molecule has 0 N–H and O–H groups in total. The molecule has 0 saturated carbocycles. The molecule has 0 radical (unpaired) electrons. The van der Waals surface area contributed by atoms with Gasteiger partial charge in [0.05, 0.1) is 12.0 Å². The fourth-order valence-corrected chi connectivity index (χ4v) is 3.91. The predicted octanol–water partition coefficient (Wildman–Crippen LogP) is 6.26. The average molecular weight is 476 g/mol. The first-order valence-electron chi connectivity index (χ1n) is 10.8. The highest BCUT2D eigenvalue weighted by Crippen LogP contribution is 2.26. The lowest BCUT2D eigenvalue weighted by atomic mass is 10.1. The Kier molecular flexibility index (Phi) is 8.38. The van der Waals surface area contributed by atoms with Crippen LogP contribution >= 0.6 is 11.3 Å². The highest BCUT2D eigenvalue weighted by Gasteiger charge is 2.12. The van der Waals surface area contributed by atoms with Crippen molar-refractivity contribution in [1.29, 1.82) is 0 Å². The first kappa shape index (κ1) is 24.9. The van der Waals surface area contributed by atoms with Crippen LogP contribution in [0.3, 0.4) is 0 Å². The maximum atomic E-state index is 10.9. The van der Waals surface area contributed by atoms with Crippen molar-refractivity contribution in [2.24, 2.45) is 7.05 Å². The van der Waals surface area contributed by atoms with Crippen molar-refractivity contribution in [3.8, 4) is 5.75 Å². The van der Waals surface area contributed by atoms with Gasteiger partial charge in [0.2, 0.25) is 0 Å². The van der Waals surface area contributed by atoms with Gasteiger partial charge in [-0.05, 0) is 74.4 Å². The third-order valence-electron chi connectivity index (χ3n) is 5.12. The summed E-state index contributed by atoms with van der Waals surface area (Å²) >= 11 is 1.40. The molecule has 0 saturated heterocycles. The number of hydrogen-bond donors (Lipinski definition) is 0. The van der Waals surface area contributed by atoms with Gasteiger partial charge in [-0.15, -0.1) is 21.5 Å². The van der Waals surface area contributed by atoms with Crippen molar-refractivity contribution >= 4 is 35.0 Å². The Morgan fingerprint density at radius 2 is 1.97 bits per heavy atom. The lowest BCUT2D eigenvalue weighted by Crippen LogP contribution is -2.03. The molecule has 0 spiro atoms. The Hall–Kier alpha value is -3.71. The Bertz CT molecular complexity index is 1270. The van der Waals surface area contributed by atoms with E-state index in [4.69, 9.17) is 9.47 Å². The Morgan fingerprint density at radius 3 is 2.62 bits per heavy atom. The van der Waals surface area contributed by atoms with E-state index in [0.717, 1.165) is 39.4 Å². The summed E-state index contributed by atoms with van der Waals surface area (Å²) in [5.41, 5.74) is 4.02.